The van der Waals surface area contributed by atoms with E-state index >= 15 is 0 Å². The molecule has 0 aliphatic carbocycles. The number of fused-ring (bicyclic) bond motifs is 1. The Bertz CT molecular complexity index is 999. The van der Waals surface area contributed by atoms with Gasteiger partial charge in [0.25, 0.3) is 0 Å². The monoisotopic (exact) mass is 360 g/mol. The fourth-order valence-electron chi connectivity index (χ4n) is 2.55. The van der Waals surface area contributed by atoms with E-state index in [2.05, 4.69) is 10.3 Å². The van der Waals surface area contributed by atoms with Crippen molar-refractivity contribution in [3.8, 4) is 0 Å². The third-order valence-electron chi connectivity index (χ3n) is 3.88. The second-order valence-corrected chi connectivity index (χ2v) is 8.09. The van der Waals surface area contributed by atoms with E-state index in [-0.39, 0.29) is 5.88 Å². The molecule has 124 valence electrons. The number of hydrogen-bond acceptors (Lipinski definition) is 4. The van der Waals surface area contributed by atoms with Crippen LogP contribution in [0.1, 0.15) is 11.1 Å². The van der Waals surface area contributed by atoms with Crippen LogP contribution in [-0.4, -0.2) is 19.3 Å². The summed E-state index contributed by atoms with van der Waals surface area (Å²) in [6, 6.07) is 12.2. The molecule has 0 saturated heterocycles. The van der Waals surface area contributed by atoms with Gasteiger partial charge in [-0.25, -0.2) is 8.42 Å². The highest BCUT2D eigenvalue weighted by Crippen LogP contribution is 2.31. The van der Waals surface area contributed by atoms with E-state index in [4.69, 9.17) is 11.6 Å². The molecule has 0 unspecified atom stereocenters. The molecule has 0 spiro atoms. The predicted octanol–water partition coefficient (Wildman–Crippen LogP) is 4.35. The summed E-state index contributed by atoms with van der Waals surface area (Å²) in [7, 11) is -3.43. The number of nitrogens with zero attached hydrogens (tertiary/aromatic N) is 1. The van der Waals surface area contributed by atoms with E-state index in [0.29, 0.717) is 21.1 Å². The van der Waals surface area contributed by atoms with Crippen molar-refractivity contribution in [2.24, 2.45) is 0 Å². The molecule has 2 aromatic carbocycles. The first kappa shape index (κ1) is 16.7. The lowest BCUT2D eigenvalue weighted by molar-refractivity contribution is 0.598. The van der Waals surface area contributed by atoms with Crippen molar-refractivity contribution in [2.45, 2.75) is 18.7 Å². The van der Waals surface area contributed by atoms with Gasteiger partial charge >= 0.3 is 0 Å². The number of benzene rings is 2. The van der Waals surface area contributed by atoms with E-state index in [1.807, 2.05) is 19.9 Å². The summed E-state index contributed by atoms with van der Waals surface area (Å²) in [6.45, 7) is 3.87. The minimum absolute atomic E-state index is 0.193. The van der Waals surface area contributed by atoms with Gasteiger partial charge in [0.15, 0.2) is 9.84 Å². The summed E-state index contributed by atoms with van der Waals surface area (Å²) in [4.78, 5) is 4.59. The zero-order valence-corrected chi connectivity index (χ0v) is 14.9. The number of pyridine rings is 1. The predicted molar refractivity (Wildman–Crippen MR) is 98.3 cm³/mol. The second-order valence-electron chi connectivity index (χ2n) is 5.70. The molecule has 1 aromatic heterocycles. The molecule has 1 heterocycles. The molecule has 0 aliphatic rings. The third-order valence-corrected chi connectivity index (χ3v) is 5.70. The van der Waals surface area contributed by atoms with Gasteiger partial charge in [0.2, 0.25) is 0 Å². The minimum Gasteiger partial charge on any atom is -0.371 e. The molecule has 0 aliphatic heterocycles. The SMILES string of the molecule is Cc1ccc(S(=O)(=O)CNc2ccc(Cl)c3nccc(C)c23)cc1. The second kappa shape index (κ2) is 6.42. The molecule has 24 heavy (non-hydrogen) atoms. The average molecular weight is 361 g/mol. The van der Waals surface area contributed by atoms with Crippen LogP contribution in [0.5, 0.6) is 0 Å². The van der Waals surface area contributed by atoms with Crippen LogP contribution in [0.3, 0.4) is 0 Å². The number of hydrogen-bond donors (Lipinski definition) is 1. The van der Waals surface area contributed by atoms with Gasteiger partial charge in [-0.1, -0.05) is 29.3 Å². The number of anilines is 1. The number of sulfone groups is 1. The van der Waals surface area contributed by atoms with Gasteiger partial charge in [-0.2, -0.15) is 0 Å². The van der Waals surface area contributed by atoms with Crippen LogP contribution in [0, 0.1) is 13.8 Å². The first-order valence-corrected chi connectivity index (χ1v) is 9.48. The highest BCUT2D eigenvalue weighted by Gasteiger charge is 2.15. The van der Waals surface area contributed by atoms with E-state index in [0.717, 1.165) is 16.5 Å². The Labute approximate surface area is 146 Å². The van der Waals surface area contributed by atoms with Crippen molar-refractivity contribution in [1.29, 1.82) is 0 Å². The van der Waals surface area contributed by atoms with Crippen LogP contribution in [0.25, 0.3) is 10.9 Å². The van der Waals surface area contributed by atoms with Crippen LogP contribution < -0.4 is 5.32 Å². The summed E-state index contributed by atoms with van der Waals surface area (Å²) in [5.74, 6) is -0.193. The molecule has 0 saturated carbocycles. The first-order chi connectivity index (χ1) is 11.4. The van der Waals surface area contributed by atoms with Crippen LogP contribution in [0.2, 0.25) is 5.02 Å². The summed E-state index contributed by atoms with van der Waals surface area (Å²) >= 11 is 6.19. The lowest BCUT2D eigenvalue weighted by Gasteiger charge is -2.13. The number of aromatic nitrogens is 1. The Hall–Kier alpha value is -2.11. The quantitative estimate of drug-likeness (QED) is 0.751. The molecule has 3 aromatic rings. The molecule has 0 atom stereocenters. The maximum absolute atomic E-state index is 12.5. The zero-order chi connectivity index (χ0) is 17.3. The molecule has 6 heteroatoms. The molecule has 3 rings (SSSR count). The van der Waals surface area contributed by atoms with Crippen LogP contribution in [0.15, 0.2) is 53.6 Å². The molecule has 0 amide bonds. The van der Waals surface area contributed by atoms with Crippen molar-refractivity contribution >= 4 is 38.0 Å². The van der Waals surface area contributed by atoms with Crippen molar-refractivity contribution in [3.63, 3.8) is 0 Å². The maximum atomic E-state index is 12.5. The lowest BCUT2D eigenvalue weighted by Crippen LogP contribution is -2.15. The fourth-order valence-corrected chi connectivity index (χ4v) is 3.82. The van der Waals surface area contributed by atoms with Gasteiger partial charge in [0, 0.05) is 17.3 Å². The molecule has 1 N–H and O–H groups in total. The highest BCUT2D eigenvalue weighted by atomic mass is 35.5. The number of aryl methyl sites for hydroxylation is 2. The van der Waals surface area contributed by atoms with Gasteiger partial charge in [-0.05, 0) is 49.7 Å². The number of nitrogens with one attached hydrogen (secondary N) is 1. The Morgan fingerprint density at radius 2 is 1.75 bits per heavy atom. The van der Waals surface area contributed by atoms with E-state index in [1.54, 1.807) is 42.6 Å². The van der Waals surface area contributed by atoms with Gasteiger partial charge in [0.05, 0.1) is 15.4 Å². The highest BCUT2D eigenvalue weighted by molar-refractivity contribution is 7.91. The van der Waals surface area contributed by atoms with E-state index < -0.39 is 9.84 Å². The number of halogens is 1. The molecule has 4 nitrogen and oxygen atoms in total. The zero-order valence-electron chi connectivity index (χ0n) is 13.4. The van der Waals surface area contributed by atoms with Crippen molar-refractivity contribution in [2.75, 3.05) is 11.2 Å². The normalized spacial score (nSPS) is 11.6. The van der Waals surface area contributed by atoms with Gasteiger partial charge < -0.3 is 5.32 Å². The van der Waals surface area contributed by atoms with Crippen LogP contribution >= 0.6 is 11.6 Å². The summed E-state index contributed by atoms with van der Waals surface area (Å²) in [5.41, 5.74) is 3.37. The molecular weight excluding hydrogens is 344 g/mol. The van der Waals surface area contributed by atoms with Gasteiger partial charge in [0.1, 0.15) is 5.88 Å². The Balaban J connectivity index is 1.94. The molecule has 0 bridgehead atoms. The van der Waals surface area contributed by atoms with E-state index in [1.165, 1.54) is 0 Å². The summed E-state index contributed by atoms with van der Waals surface area (Å²) in [5, 5.41) is 4.40. The molecular formula is C18H17ClN2O2S. The van der Waals surface area contributed by atoms with Gasteiger partial charge in [-0.15, -0.1) is 0 Å². The van der Waals surface area contributed by atoms with Crippen LogP contribution in [-0.2, 0) is 9.84 Å². The van der Waals surface area contributed by atoms with E-state index in [9.17, 15) is 8.42 Å². The smallest absolute Gasteiger partial charge is 0.196 e. The first-order valence-electron chi connectivity index (χ1n) is 7.45. The molecule has 0 radical (unpaired) electrons. The average Bonchev–Trinajstić information content (AvgIpc) is 2.55. The van der Waals surface area contributed by atoms with Gasteiger partial charge in [-0.3, -0.25) is 4.98 Å². The van der Waals surface area contributed by atoms with Crippen LogP contribution in [0.4, 0.5) is 5.69 Å². The number of rotatable bonds is 4. The Kier molecular flexibility index (Phi) is 4.47. The fraction of sp³-hybridized carbons (Fsp3) is 0.167. The molecule has 0 fully saturated rings. The standard InChI is InChI=1S/C18H17ClN2O2S/c1-12-3-5-14(6-4-12)24(22,23)11-21-16-8-7-15(19)18-17(16)13(2)9-10-20-18/h3-10,21H,11H2,1-2H3. The third kappa shape index (κ3) is 3.23. The van der Waals surface area contributed by atoms with Crippen molar-refractivity contribution in [1.82, 2.24) is 4.98 Å². The van der Waals surface area contributed by atoms with Crippen molar-refractivity contribution in [3.05, 3.63) is 64.8 Å². The lowest BCUT2D eigenvalue weighted by atomic mass is 10.1. The Morgan fingerprint density at radius 1 is 1.04 bits per heavy atom. The maximum Gasteiger partial charge on any atom is 0.196 e. The largest absolute Gasteiger partial charge is 0.371 e. The Morgan fingerprint density at radius 3 is 2.46 bits per heavy atom. The topological polar surface area (TPSA) is 59.1 Å². The van der Waals surface area contributed by atoms with Crippen molar-refractivity contribution < 1.29 is 8.42 Å². The summed E-state index contributed by atoms with van der Waals surface area (Å²) < 4.78 is 25.0. The summed E-state index contributed by atoms with van der Waals surface area (Å²) in [6.07, 6.45) is 1.69. The minimum atomic E-state index is -3.43.